The van der Waals surface area contributed by atoms with Gasteiger partial charge < -0.3 is 9.64 Å². The van der Waals surface area contributed by atoms with Gasteiger partial charge in [-0.25, -0.2) is 4.39 Å². The third-order valence-corrected chi connectivity index (χ3v) is 3.91. The molecule has 1 saturated heterocycles. The van der Waals surface area contributed by atoms with Crippen molar-refractivity contribution in [2.24, 2.45) is 0 Å². The van der Waals surface area contributed by atoms with Crippen LogP contribution in [0.1, 0.15) is 43.0 Å². The molecular weight excluding hydrogens is 269 g/mol. The molecule has 0 bridgehead atoms. The van der Waals surface area contributed by atoms with Crippen molar-refractivity contribution in [1.29, 1.82) is 0 Å². The summed E-state index contributed by atoms with van der Waals surface area (Å²) in [5.41, 5.74) is 0.599. The van der Waals surface area contributed by atoms with E-state index < -0.39 is 0 Å². The maximum Gasteiger partial charge on any atom is 0.162 e. The Bertz CT molecular complexity index is 445. The second-order valence-electron chi connectivity index (χ2n) is 5.55. The van der Waals surface area contributed by atoms with Gasteiger partial charge in [0.25, 0.3) is 0 Å². The number of benzene rings is 1. The van der Waals surface area contributed by atoms with Crippen molar-refractivity contribution in [3.63, 3.8) is 0 Å². The highest BCUT2D eigenvalue weighted by Crippen LogP contribution is 2.14. The Morgan fingerprint density at radius 3 is 2.86 bits per heavy atom. The highest BCUT2D eigenvalue weighted by atomic mass is 19.1. The molecule has 4 heteroatoms. The molecule has 1 unspecified atom stereocenters. The average Bonchev–Trinajstić information content (AvgIpc) is 2.48. The molecular formula is C17H24FNO2. The van der Waals surface area contributed by atoms with Crippen LogP contribution in [-0.4, -0.2) is 43.0 Å². The zero-order valence-corrected chi connectivity index (χ0v) is 12.7. The third-order valence-electron chi connectivity index (χ3n) is 3.91. The molecule has 1 atom stereocenters. The summed E-state index contributed by atoms with van der Waals surface area (Å²) in [6.45, 7) is 5.78. The van der Waals surface area contributed by atoms with Gasteiger partial charge >= 0.3 is 0 Å². The minimum absolute atomic E-state index is 0.0911. The minimum atomic E-state index is -0.304. The Kier molecular flexibility index (Phi) is 6.33. The van der Waals surface area contributed by atoms with E-state index in [0.29, 0.717) is 18.1 Å². The number of likely N-dealkylation sites (tertiary alicyclic amines) is 1. The molecule has 0 spiro atoms. The minimum Gasteiger partial charge on any atom is -0.377 e. The van der Waals surface area contributed by atoms with Crippen LogP contribution in [-0.2, 0) is 4.74 Å². The summed E-state index contributed by atoms with van der Waals surface area (Å²) in [5, 5.41) is 0. The van der Waals surface area contributed by atoms with Crippen molar-refractivity contribution < 1.29 is 13.9 Å². The number of Topliss-reactive ketones (excluding diaryl/α,β-unsaturated/α-hetero) is 1. The number of ketones is 1. The summed E-state index contributed by atoms with van der Waals surface area (Å²) in [6, 6.07) is 5.79. The lowest BCUT2D eigenvalue weighted by atomic mass is 10.0. The Morgan fingerprint density at radius 1 is 1.38 bits per heavy atom. The van der Waals surface area contributed by atoms with Gasteiger partial charge in [0.1, 0.15) is 5.82 Å². The first-order valence-electron chi connectivity index (χ1n) is 7.81. The van der Waals surface area contributed by atoms with Crippen LogP contribution in [0.15, 0.2) is 24.3 Å². The largest absolute Gasteiger partial charge is 0.377 e. The summed E-state index contributed by atoms with van der Waals surface area (Å²) in [7, 11) is 0. The average molecular weight is 293 g/mol. The number of carbonyl (C=O) groups is 1. The van der Waals surface area contributed by atoms with E-state index in [1.165, 1.54) is 12.1 Å². The second-order valence-corrected chi connectivity index (χ2v) is 5.55. The van der Waals surface area contributed by atoms with Crippen molar-refractivity contribution in [1.82, 2.24) is 4.90 Å². The van der Waals surface area contributed by atoms with Crippen molar-refractivity contribution >= 4 is 5.78 Å². The monoisotopic (exact) mass is 293 g/mol. The van der Waals surface area contributed by atoms with Gasteiger partial charge in [0.2, 0.25) is 0 Å². The summed E-state index contributed by atoms with van der Waals surface area (Å²) in [5.74, 6) is -0.213. The fourth-order valence-corrected chi connectivity index (χ4v) is 2.83. The molecule has 3 nitrogen and oxygen atoms in total. The first kappa shape index (κ1) is 16.1. The molecule has 1 aliphatic rings. The van der Waals surface area contributed by atoms with E-state index in [1.807, 2.05) is 6.92 Å². The first-order chi connectivity index (χ1) is 10.2. The molecule has 1 fully saturated rings. The molecule has 0 N–H and O–H groups in total. The number of rotatable bonds is 7. The van der Waals surface area contributed by atoms with Gasteiger partial charge in [-0.15, -0.1) is 0 Å². The van der Waals surface area contributed by atoms with Crippen LogP contribution in [0.3, 0.4) is 0 Å². The van der Waals surface area contributed by atoms with Gasteiger partial charge in [0, 0.05) is 25.1 Å². The number of hydrogen-bond acceptors (Lipinski definition) is 3. The maximum atomic E-state index is 12.8. The second kappa shape index (κ2) is 8.25. The van der Waals surface area contributed by atoms with E-state index in [1.54, 1.807) is 12.1 Å². The molecule has 116 valence electrons. The van der Waals surface area contributed by atoms with Crippen molar-refractivity contribution in [2.75, 3.05) is 26.2 Å². The Labute approximate surface area is 126 Å². The first-order valence-corrected chi connectivity index (χ1v) is 7.81. The summed E-state index contributed by atoms with van der Waals surface area (Å²) >= 11 is 0. The van der Waals surface area contributed by atoms with Crippen molar-refractivity contribution in [3.05, 3.63) is 35.6 Å². The third kappa shape index (κ3) is 5.21. The number of nitrogens with zero attached hydrogens (tertiary/aromatic N) is 1. The van der Waals surface area contributed by atoms with Gasteiger partial charge in [-0.1, -0.05) is 0 Å². The van der Waals surface area contributed by atoms with Crippen LogP contribution in [0.2, 0.25) is 0 Å². The van der Waals surface area contributed by atoms with Crippen LogP contribution in [0.4, 0.5) is 4.39 Å². The van der Waals surface area contributed by atoms with E-state index in [0.717, 1.165) is 45.5 Å². The topological polar surface area (TPSA) is 29.5 Å². The van der Waals surface area contributed by atoms with Crippen molar-refractivity contribution in [2.45, 2.75) is 38.7 Å². The summed E-state index contributed by atoms with van der Waals surface area (Å²) in [6.07, 6.45) is 4.00. The number of halogens is 1. The number of hydrogen-bond donors (Lipinski definition) is 0. The van der Waals surface area contributed by atoms with Crippen LogP contribution >= 0.6 is 0 Å². The summed E-state index contributed by atoms with van der Waals surface area (Å²) < 4.78 is 18.5. The van der Waals surface area contributed by atoms with Gasteiger partial charge in [-0.3, -0.25) is 4.79 Å². The van der Waals surface area contributed by atoms with Gasteiger partial charge in [-0.2, -0.15) is 0 Å². The van der Waals surface area contributed by atoms with E-state index >= 15 is 0 Å². The van der Waals surface area contributed by atoms with E-state index in [2.05, 4.69) is 4.90 Å². The van der Waals surface area contributed by atoms with Crippen LogP contribution in [0.25, 0.3) is 0 Å². The molecule has 0 radical (unpaired) electrons. The number of ether oxygens (including phenoxy) is 1. The molecule has 0 saturated carbocycles. The zero-order valence-electron chi connectivity index (χ0n) is 12.7. The Morgan fingerprint density at radius 2 is 2.14 bits per heavy atom. The Balaban J connectivity index is 1.71. The predicted molar refractivity (Wildman–Crippen MR) is 81.1 cm³/mol. The van der Waals surface area contributed by atoms with Gasteiger partial charge in [0.05, 0.1) is 6.10 Å². The fourth-order valence-electron chi connectivity index (χ4n) is 2.83. The standard InChI is InChI=1S/C17H24FNO2/c1-2-21-16-5-3-11-19(13-16)12-4-6-17(20)14-7-9-15(18)10-8-14/h7-10,16H,2-6,11-13H2,1H3. The fraction of sp³-hybridized carbons (Fsp3) is 0.588. The molecule has 1 aliphatic heterocycles. The van der Waals surface area contributed by atoms with E-state index in [-0.39, 0.29) is 11.6 Å². The molecule has 0 aliphatic carbocycles. The highest BCUT2D eigenvalue weighted by Gasteiger charge is 2.19. The van der Waals surface area contributed by atoms with Crippen LogP contribution in [0, 0.1) is 5.82 Å². The highest BCUT2D eigenvalue weighted by molar-refractivity contribution is 5.95. The quantitative estimate of drug-likeness (QED) is 0.723. The predicted octanol–water partition coefficient (Wildman–Crippen LogP) is 3.29. The van der Waals surface area contributed by atoms with Gasteiger partial charge in [-0.05, 0) is 63.5 Å². The lowest BCUT2D eigenvalue weighted by Crippen LogP contribution is -2.40. The molecule has 1 aromatic rings. The lowest BCUT2D eigenvalue weighted by molar-refractivity contribution is 0.00571. The number of piperidine rings is 1. The zero-order chi connectivity index (χ0) is 15.1. The number of carbonyl (C=O) groups excluding carboxylic acids is 1. The molecule has 2 rings (SSSR count). The maximum absolute atomic E-state index is 12.8. The summed E-state index contributed by atoms with van der Waals surface area (Å²) in [4.78, 5) is 14.4. The van der Waals surface area contributed by atoms with Gasteiger partial charge in [0.15, 0.2) is 5.78 Å². The molecule has 1 heterocycles. The van der Waals surface area contributed by atoms with Crippen molar-refractivity contribution in [3.8, 4) is 0 Å². The van der Waals surface area contributed by atoms with Crippen LogP contribution < -0.4 is 0 Å². The molecule has 1 aromatic carbocycles. The lowest BCUT2D eigenvalue weighted by Gasteiger charge is -2.32. The van der Waals surface area contributed by atoms with E-state index in [9.17, 15) is 9.18 Å². The van der Waals surface area contributed by atoms with E-state index in [4.69, 9.17) is 4.74 Å². The smallest absolute Gasteiger partial charge is 0.162 e. The molecule has 21 heavy (non-hydrogen) atoms. The normalized spacial score (nSPS) is 19.6. The molecule has 0 aromatic heterocycles. The van der Waals surface area contributed by atoms with Crippen LogP contribution in [0.5, 0.6) is 0 Å². The Hall–Kier alpha value is -1.26. The SMILES string of the molecule is CCOC1CCCN(CCCC(=O)c2ccc(F)cc2)C1. The molecule has 0 amide bonds.